The van der Waals surface area contributed by atoms with Gasteiger partial charge in [-0.05, 0) is 41.5 Å². The van der Waals surface area contributed by atoms with Crippen molar-refractivity contribution in [2.45, 2.75) is 43.7 Å². The van der Waals surface area contributed by atoms with Gasteiger partial charge in [-0.25, -0.2) is 4.79 Å². The predicted molar refractivity (Wildman–Crippen MR) is 130 cm³/mol. The minimum absolute atomic E-state index is 0.0290. The van der Waals surface area contributed by atoms with E-state index in [-0.39, 0.29) is 31.3 Å². The molecule has 1 unspecified atom stereocenters. The highest BCUT2D eigenvalue weighted by Crippen LogP contribution is 2.44. The molecular formula is C27H31N3O5. The molecular weight excluding hydrogens is 446 g/mol. The minimum atomic E-state index is -1.00. The first-order chi connectivity index (χ1) is 17.0. The summed E-state index contributed by atoms with van der Waals surface area (Å²) in [5.74, 6) is -1.33. The number of carbonyl (C=O) groups is 3. The molecule has 0 aromatic heterocycles. The van der Waals surface area contributed by atoms with Crippen molar-refractivity contribution >= 4 is 18.0 Å². The molecule has 184 valence electrons. The lowest BCUT2D eigenvalue weighted by Crippen LogP contribution is -2.55. The van der Waals surface area contributed by atoms with Gasteiger partial charge in [-0.1, -0.05) is 48.5 Å². The normalized spacial score (nSPS) is 18.5. The van der Waals surface area contributed by atoms with E-state index in [0.29, 0.717) is 19.1 Å². The van der Waals surface area contributed by atoms with Crippen molar-refractivity contribution in [2.75, 3.05) is 32.8 Å². The van der Waals surface area contributed by atoms with Crippen molar-refractivity contribution in [3.63, 3.8) is 0 Å². The standard InChI is InChI=1S/C27H31N3O5/c31-25(32)12-11-24(26(33)30-15-13-29(14-16-30)18-9-10-18)28-27(34)35-17-23-21-7-3-1-5-19(21)20-6-2-4-8-22(20)23/h1-8,18,23-24H,9-17H2,(H,28,34)(H,31,32). The van der Waals surface area contributed by atoms with Crippen LogP contribution in [0.2, 0.25) is 0 Å². The van der Waals surface area contributed by atoms with Gasteiger partial charge in [0.2, 0.25) is 5.91 Å². The third kappa shape index (κ3) is 5.17. The van der Waals surface area contributed by atoms with Gasteiger partial charge < -0.3 is 20.1 Å². The van der Waals surface area contributed by atoms with Crippen LogP contribution in [-0.2, 0) is 14.3 Å². The van der Waals surface area contributed by atoms with Crippen molar-refractivity contribution in [2.24, 2.45) is 0 Å². The largest absolute Gasteiger partial charge is 0.481 e. The monoisotopic (exact) mass is 477 g/mol. The predicted octanol–water partition coefficient (Wildman–Crippen LogP) is 3.07. The highest BCUT2D eigenvalue weighted by atomic mass is 16.5. The molecule has 1 atom stereocenters. The van der Waals surface area contributed by atoms with E-state index in [1.807, 2.05) is 36.4 Å². The zero-order valence-corrected chi connectivity index (χ0v) is 19.7. The first-order valence-corrected chi connectivity index (χ1v) is 12.4. The van der Waals surface area contributed by atoms with Gasteiger partial charge in [0.15, 0.2) is 0 Å². The molecule has 5 rings (SSSR count). The molecule has 2 aromatic rings. The van der Waals surface area contributed by atoms with Gasteiger partial charge in [0.25, 0.3) is 0 Å². The molecule has 2 fully saturated rings. The summed E-state index contributed by atoms with van der Waals surface area (Å²) in [6, 6.07) is 15.9. The van der Waals surface area contributed by atoms with Crippen LogP contribution in [0.3, 0.4) is 0 Å². The van der Waals surface area contributed by atoms with Crippen LogP contribution < -0.4 is 5.32 Å². The number of carboxylic acid groups (broad SMARTS) is 1. The van der Waals surface area contributed by atoms with Crippen LogP contribution in [0.4, 0.5) is 4.79 Å². The number of benzene rings is 2. The topological polar surface area (TPSA) is 99.2 Å². The van der Waals surface area contributed by atoms with Crippen molar-refractivity contribution < 1.29 is 24.2 Å². The molecule has 2 aromatic carbocycles. The second-order valence-corrected chi connectivity index (χ2v) is 9.55. The number of nitrogens with one attached hydrogen (secondary N) is 1. The summed E-state index contributed by atoms with van der Waals surface area (Å²) in [6.45, 7) is 2.94. The maximum absolute atomic E-state index is 13.2. The van der Waals surface area contributed by atoms with Crippen molar-refractivity contribution in [3.8, 4) is 11.1 Å². The summed E-state index contributed by atoms with van der Waals surface area (Å²) in [5, 5.41) is 11.8. The van der Waals surface area contributed by atoms with Crippen molar-refractivity contribution in [1.29, 1.82) is 0 Å². The zero-order valence-electron chi connectivity index (χ0n) is 19.7. The zero-order chi connectivity index (χ0) is 24.4. The van der Waals surface area contributed by atoms with Gasteiger partial charge in [0, 0.05) is 44.6 Å². The third-order valence-corrected chi connectivity index (χ3v) is 7.27. The van der Waals surface area contributed by atoms with Crippen LogP contribution in [0.1, 0.15) is 42.7 Å². The van der Waals surface area contributed by atoms with E-state index in [4.69, 9.17) is 9.84 Å². The fourth-order valence-electron chi connectivity index (χ4n) is 5.28. The second kappa shape index (κ2) is 10.1. The lowest BCUT2D eigenvalue weighted by atomic mass is 9.98. The SMILES string of the molecule is O=C(O)CCC(NC(=O)OCC1c2ccccc2-c2ccccc21)C(=O)N1CCN(C2CC2)CC1. The number of nitrogens with zero attached hydrogens (tertiary/aromatic N) is 2. The quantitative estimate of drug-likeness (QED) is 0.606. The number of piperazine rings is 1. The van der Waals surface area contributed by atoms with E-state index in [2.05, 4.69) is 22.3 Å². The third-order valence-electron chi connectivity index (χ3n) is 7.27. The van der Waals surface area contributed by atoms with Crippen LogP contribution in [0.5, 0.6) is 0 Å². The van der Waals surface area contributed by atoms with E-state index in [0.717, 1.165) is 35.3 Å². The fourth-order valence-corrected chi connectivity index (χ4v) is 5.28. The Hall–Kier alpha value is -3.39. The van der Waals surface area contributed by atoms with E-state index in [1.165, 1.54) is 12.8 Å². The fraction of sp³-hybridized carbons (Fsp3) is 0.444. The Morgan fingerprint density at radius 3 is 2.11 bits per heavy atom. The Kier molecular flexibility index (Phi) is 6.72. The molecule has 0 bridgehead atoms. The molecule has 2 N–H and O–H groups in total. The maximum atomic E-state index is 13.2. The first-order valence-electron chi connectivity index (χ1n) is 12.4. The molecule has 2 amide bonds. The summed E-state index contributed by atoms with van der Waals surface area (Å²) in [7, 11) is 0. The van der Waals surface area contributed by atoms with Gasteiger partial charge in [-0.3, -0.25) is 14.5 Å². The Morgan fingerprint density at radius 1 is 0.943 bits per heavy atom. The summed E-state index contributed by atoms with van der Waals surface area (Å²) in [5.41, 5.74) is 4.48. The van der Waals surface area contributed by atoms with E-state index in [9.17, 15) is 14.4 Å². The Labute approximate surface area is 204 Å². The molecule has 0 spiro atoms. The number of rotatable bonds is 8. The van der Waals surface area contributed by atoms with E-state index < -0.39 is 18.1 Å². The molecule has 0 radical (unpaired) electrons. The Balaban J connectivity index is 1.21. The average molecular weight is 478 g/mol. The molecule has 35 heavy (non-hydrogen) atoms. The number of amides is 2. The lowest BCUT2D eigenvalue weighted by molar-refractivity contribution is -0.138. The van der Waals surface area contributed by atoms with Gasteiger partial charge >= 0.3 is 12.1 Å². The van der Waals surface area contributed by atoms with Crippen molar-refractivity contribution in [1.82, 2.24) is 15.1 Å². The number of carbonyl (C=O) groups excluding carboxylic acids is 2. The first kappa shape index (κ1) is 23.4. The smallest absolute Gasteiger partial charge is 0.407 e. The molecule has 3 aliphatic rings. The van der Waals surface area contributed by atoms with Crippen LogP contribution in [-0.4, -0.2) is 77.7 Å². The molecule has 1 aliphatic heterocycles. The summed E-state index contributed by atoms with van der Waals surface area (Å²) >= 11 is 0. The van der Waals surface area contributed by atoms with Gasteiger partial charge in [-0.2, -0.15) is 0 Å². The second-order valence-electron chi connectivity index (χ2n) is 9.55. The minimum Gasteiger partial charge on any atom is -0.481 e. The van der Waals surface area contributed by atoms with Gasteiger partial charge in [0.05, 0.1) is 0 Å². The molecule has 1 heterocycles. The molecule has 1 saturated heterocycles. The van der Waals surface area contributed by atoms with Gasteiger partial charge in [0.1, 0.15) is 12.6 Å². The number of ether oxygens (including phenoxy) is 1. The average Bonchev–Trinajstić information content (AvgIpc) is 3.68. The van der Waals surface area contributed by atoms with Crippen LogP contribution in [0.15, 0.2) is 48.5 Å². The number of carboxylic acids is 1. The Morgan fingerprint density at radius 2 is 1.54 bits per heavy atom. The van der Waals surface area contributed by atoms with Crippen LogP contribution in [0.25, 0.3) is 11.1 Å². The van der Waals surface area contributed by atoms with E-state index in [1.54, 1.807) is 4.90 Å². The molecule has 1 saturated carbocycles. The van der Waals surface area contributed by atoms with Crippen molar-refractivity contribution in [3.05, 3.63) is 59.7 Å². The lowest BCUT2D eigenvalue weighted by Gasteiger charge is -2.36. The molecule has 8 nitrogen and oxygen atoms in total. The highest BCUT2D eigenvalue weighted by Gasteiger charge is 2.35. The number of hydrogen-bond donors (Lipinski definition) is 2. The highest BCUT2D eigenvalue weighted by molar-refractivity contribution is 5.86. The summed E-state index contributed by atoms with van der Waals surface area (Å²) < 4.78 is 5.59. The van der Waals surface area contributed by atoms with Gasteiger partial charge in [-0.15, -0.1) is 0 Å². The number of aliphatic carboxylic acids is 1. The number of hydrogen-bond acceptors (Lipinski definition) is 5. The number of alkyl carbamates (subject to hydrolysis) is 1. The van der Waals surface area contributed by atoms with Crippen LogP contribution >= 0.6 is 0 Å². The number of fused-ring (bicyclic) bond motifs is 3. The van der Waals surface area contributed by atoms with E-state index >= 15 is 0 Å². The van der Waals surface area contributed by atoms with Crippen LogP contribution in [0, 0.1) is 0 Å². The molecule has 8 heteroatoms. The molecule has 2 aliphatic carbocycles. The Bertz CT molecular complexity index is 1060. The summed E-state index contributed by atoms with van der Waals surface area (Å²) in [4.78, 5) is 41.2. The summed E-state index contributed by atoms with van der Waals surface area (Å²) in [6.07, 6.45) is 1.56. The maximum Gasteiger partial charge on any atom is 0.407 e.